The zero-order chi connectivity index (χ0) is 7.68. The van der Waals surface area contributed by atoms with Crippen molar-refractivity contribution in [3.05, 3.63) is 30.3 Å². The van der Waals surface area contributed by atoms with E-state index in [2.05, 4.69) is 4.98 Å². The number of nitrogens with zero attached hydrogens (tertiary/aromatic N) is 1. The Balaban J connectivity index is 2.76. The van der Waals surface area contributed by atoms with E-state index in [1.54, 1.807) is 18.7 Å². The molecule has 0 aromatic carbocycles. The van der Waals surface area contributed by atoms with Gasteiger partial charge in [0, 0.05) is 23.7 Å². The second kappa shape index (κ2) is 2.36. The summed E-state index contributed by atoms with van der Waals surface area (Å²) in [5.74, 6) is 0. The molecule has 2 N–H and O–H groups in total. The van der Waals surface area contributed by atoms with Crippen LogP contribution in [0.3, 0.4) is 0 Å². The number of fused-ring (bicyclic) bond motifs is 1. The minimum atomic E-state index is 0.511. The van der Waals surface area contributed by atoms with Crippen LogP contribution in [0.5, 0.6) is 0 Å². The summed E-state index contributed by atoms with van der Waals surface area (Å²) in [6, 6.07) is 1.90. The zero-order valence-corrected chi connectivity index (χ0v) is 5.95. The molecule has 0 radical (unpaired) electrons. The van der Waals surface area contributed by atoms with Crippen LogP contribution in [0, 0.1) is 0 Å². The Morgan fingerprint density at radius 2 is 2.45 bits per heavy atom. The average molecular weight is 148 g/mol. The van der Waals surface area contributed by atoms with E-state index >= 15 is 0 Å². The molecule has 0 spiro atoms. The van der Waals surface area contributed by atoms with Gasteiger partial charge in [0.05, 0.1) is 12.5 Å². The molecule has 11 heavy (non-hydrogen) atoms. The molecule has 0 unspecified atom stereocenters. The van der Waals surface area contributed by atoms with Crippen LogP contribution in [0.2, 0.25) is 0 Å². The molecule has 0 aliphatic heterocycles. The lowest BCUT2D eigenvalue weighted by atomic mass is 10.2. The molecule has 0 fully saturated rings. The third-order valence-electron chi connectivity index (χ3n) is 1.68. The van der Waals surface area contributed by atoms with Crippen molar-refractivity contribution in [1.29, 1.82) is 0 Å². The van der Waals surface area contributed by atoms with Crippen molar-refractivity contribution in [2.45, 2.75) is 6.54 Å². The molecule has 0 atom stereocenters. The third kappa shape index (κ3) is 0.897. The van der Waals surface area contributed by atoms with Crippen LogP contribution >= 0.6 is 0 Å². The molecule has 3 nitrogen and oxygen atoms in total. The first kappa shape index (κ1) is 6.37. The third-order valence-corrected chi connectivity index (χ3v) is 1.68. The largest absolute Gasteiger partial charge is 0.462 e. The molecule has 0 aliphatic rings. The number of nitrogens with two attached hydrogens (primary N) is 1. The van der Waals surface area contributed by atoms with Crippen molar-refractivity contribution in [2.75, 3.05) is 0 Å². The maximum Gasteiger partial charge on any atom is 0.152 e. The highest BCUT2D eigenvalue weighted by Gasteiger charge is 2.01. The number of furan rings is 1. The van der Waals surface area contributed by atoms with Gasteiger partial charge in [0.1, 0.15) is 0 Å². The van der Waals surface area contributed by atoms with Gasteiger partial charge in [0.15, 0.2) is 5.58 Å². The number of hydrogen-bond acceptors (Lipinski definition) is 3. The number of hydrogen-bond donors (Lipinski definition) is 1. The molecule has 0 amide bonds. The van der Waals surface area contributed by atoms with Gasteiger partial charge in [0.25, 0.3) is 0 Å². The highest BCUT2D eigenvalue weighted by molar-refractivity contribution is 5.79. The Bertz CT molecular complexity index is 367. The van der Waals surface area contributed by atoms with Crippen molar-refractivity contribution in [1.82, 2.24) is 4.98 Å². The Morgan fingerprint density at radius 3 is 3.27 bits per heavy atom. The van der Waals surface area contributed by atoms with E-state index in [1.165, 1.54) is 0 Å². The van der Waals surface area contributed by atoms with Crippen LogP contribution in [-0.4, -0.2) is 4.98 Å². The van der Waals surface area contributed by atoms with Crippen LogP contribution in [0.4, 0.5) is 0 Å². The lowest BCUT2D eigenvalue weighted by Gasteiger charge is -1.88. The van der Waals surface area contributed by atoms with Crippen LogP contribution in [0.1, 0.15) is 5.56 Å². The summed E-state index contributed by atoms with van der Waals surface area (Å²) in [6.07, 6.45) is 5.10. The fourth-order valence-corrected chi connectivity index (χ4v) is 1.10. The Kier molecular flexibility index (Phi) is 1.36. The van der Waals surface area contributed by atoms with E-state index in [0.29, 0.717) is 6.54 Å². The van der Waals surface area contributed by atoms with Crippen molar-refractivity contribution in [3.63, 3.8) is 0 Å². The molecular weight excluding hydrogens is 140 g/mol. The van der Waals surface area contributed by atoms with Gasteiger partial charge in [-0.1, -0.05) is 0 Å². The predicted molar refractivity (Wildman–Crippen MR) is 41.9 cm³/mol. The summed E-state index contributed by atoms with van der Waals surface area (Å²) in [4.78, 5) is 3.93. The molecule has 2 aromatic rings. The maximum atomic E-state index is 5.48. The summed E-state index contributed by atoms with van der Waals surface area (Å²) >= 11 is 0. The Morgan fingerprint density at radius 1 is 1.55 bits per heavy atom. The topological polar surface area (TPSA) is 52.0 Å². The monoisotopic (exact) mass is 148 g/mol. The summed E-state index contributed by atoms with van der Waals surface area (Å²) in [5, 5.41) is 1.06. The summed E-state index contributed by atoms with van der Waals surface area (Å²) in [6.45, 7) is 0.511. The van der Waals surface area contributed by atoms with Gasteiger partial charge >= 0.3 is 0 Å². The Labute approximate surface area is 63.8 Å². The van der Waals surface area contributed by atoms with Crippen LogP contribution in [-0.2, 0) is 6.54 Å². The normalized spacial score (nSPS) is 10.6. The van der Waals surface area contributed by atoms with Crippen molar-refractivity contribution in [2.24, 2.45) is 5.73 Å². The standard InChI is InChI=1S/C8H8N2O/c9-3-6-5-11-8-4-10-2-1-7(6)8/h1-2,4-5H,3,9H2. The SMILES string of the molecule is NCc1coc2cnccc12. The minimum Gasteiger partial charge on any atom is -0.462 e. The van der Waals surface area contributed by atoms with Gasteiger partial charge in [-0.25, -0.2) is 0 Å². The van der Waals surface area contributed by atoms with E-state index in [-0.39, 0.29) is 0 Å². The smallest absolute Gasteiger partial charge is 0.152 e. The molecule has 0 bridgehead atoms. The molecule has 56 valence electrons. The minimum absolute atomic E-state index is 0.511. The fourth-order valence-electron chi connectivity index (χ4n) is 1.10. The van der Waals surface area contributed by atoms with Crippen LogP contribution in [0.25, 0.3) is 11.0 Å². The van der Waals surface area contributed by atoms with Gasteiger partial charge in [0.2, 0.25) is 0 Å². The first-order valence-electron chi connectivity index (χ1n) is 3.42. The molecule has 0 saturated heterocycles. The Hall–Kier alpha value is -1.35. The second-order valence-electron chi connectivity index (χ2n) is 2.34. The van der Waals surface area contributed by atoms with E-state index in [1.807, 2.05) is 6.07 Å². The molecule has 0 saturated carbocycles. The quantitative estimate of drug-likeness (QED) is 0.662. The van der Waals surface area contributed by atoms with Gasteiger partial charge in [-0.3, -0.25) is 4.98 Å². The number of aromatic nitrogens is 1. The molecule has 2 rings (SSSR count). The first-order valence-corrected chi connectivity index (χ1v) is 3.42. The average Bonchev–Trinajstić information content (AvgIpc) is 2.47. The van der Waals surface area contributed by atoms with E-state index in [0.717, 1.165) is 16.5 Å². The molecule has 2 aromatic heterocycles. The molecular formula is C8H8N2O. The zero-order valence-electron chi connectivity index (χ0n) is 5.95. The lowest BCUT2D eigenvalue weighted by molar-refractivity contribution is 0.609. The van der Waals surface area contributed by atoms with Gasteiger partial charge < -0.3 is 10.2 Å². The van der Waals surface area contributed by atoms with Crippen LogP contribution in [0.15, 0.2) is 29.1 Å². The summed E-state index contributed by atoms with van der Waals surface area (Å²) in [7, 11) is 0. The van der Waals surface area contributed by atoms with Crippen LogP contribution < -0.4 is 5.73 Å². The molecule has 0 aliphatic carbocycles. The van der Waals surface area contributed by atoms with E-state index < -0.39 is 0 Å². The van der Waals surface area contributed by atoms with E-state index in [4.69, 9.17) is 10.2 Å². The highest BCUT2D eigenvalue weighted by Crippen LogP contribution is 2.18. The van der Waals surface area contributed by atoms with Crippen molar-refractivity contribution < 1.29 is 4.42 Å². The fraction of sp³-hybridized carbons (Fsp3) is 0.125. The summed E-state index contributed by atoms with van der Waals surface area (Å²) < 4.78 is 5.20. The highest BCUT2D eigenvalue weighted by atomic mass is 16.3. The van der Waals surface area contributed by atoms with E-state index in [9.17, 15) is 0 Å². The van der Waals surface area contributed by atoms with Crippen molar-refractivity contribution in [3.8, 4) is 0 Å². The maximum absolute atomic E-state index is 5.48. The molecule has 2 heterocycles. The van der Waals surface area contributed by atoms with Gasteiger partial charge in [-0.15, -0.1) is 0 Å². The predicted octanol–water partition coefficient (Wildman–Crippen LogP) is 1.29. The van der Waals surface area contributed by atoms with Gasteiger partial charge in [-0.2, -0.15) is 0 Å². The number of rotatable bonds is 1. The van der Waals surface area contributed by atoms with Gasteiger partial charge in [-0.05, 0) is 6.07 Å². The lowest BCUT2D eigenvalue weighted by Crippen LogP contribution is -1.93. The number of pyridine rings is 1. The summed E-state index contributed by atoms with van der Waals surface area (Å²) in [5.41, 5.74) is 7.31. The first-order chi connectivity index (χ1) is 5.42. The second-order valence-corrected chi connectivity index (χ2v) is 2.34. The molecule has 3 heteroatoms. The van der Waals surface area contributed by atoms with Crippen molar-refractivity contribution >= 4 is 11.0 Å².